The highest BCUT2D eigenvalue weighted by molar-refractivity contribution is 9.10. The van der Waals surface area contributed by atoms with Crippen molar-refractivity contribution in [1.29, 1.82) is 0 Å². The minimum atomic E-state index is 0.680. The zero-order chi connectivity index (χ0) is 11.5. The molecule has 0 N–H and O–H groups in total. The fourth-order valence-corrected chi connectivity index (χ4v) is 2.25. The van der Waals surface area contributed by atoms with E-state index in [0.717, 1.165) is 17.7 Å². The summed E-state index contributed by atoms with van der Waals surface area (Å²) < 4.78 is 6.05. The van der Waals surface area contributed by atoms with Crippen LogP contribution in [0.1, 0.15) is 24.8 Å². The zero-order valence-electron chi connectivity index (χ0n) is 9.46. The molecule has 0 atom stereocenters. The first-order chi connectivity index (χ1) is 7.70. The summed E-state index contributed by atoms with van der Waals surface area (Å²) >= 11 is 3.37. The lowest BCUT2D eigenvalue weighted by atomic mass is 10.1. The molecule has 0 radical (unpaired) electrons. The number of halogens is 1. The largest absolute Gasteiger partial charge is 0.434 e. The van der Waals surface area contributed by atoms with Crippen molar-refractivity contribution >= 4 is 15.9 Å². The Kier molecular flexibility index (Phi) is 3.44. The molecule has 0 bridgehead atoms. The van der Waals surface area contributed by atoms with Gasteiger partial charge in [0.2, 0.25) is 0 Å². The van der Waals surface area contributed by atoms with Gasteiger partial charge in [0.05, 0.1) is 0 Å². The van der Waals surface area contributed by atoms with E-state index in [1.807, 2.05) is 6.92 Å². The second-order valence-electron chi connectivity index (χ2n) is 3.80. The second-order valence-corrected chi connectivity index (χ2v) is 4.52. The summed E-state index contributed by atoms with van der Waals surface area (Å²) in [6.07, 6.45) is 2.30. The molecule has 0 fully saturated rings. The van der Waals surface area contributed by atoms with Gasteiger partial charge in [-0.05, 0) is 27.9 Å². The smallest absolute Gasteiger partial charge is 0.197 e. The van der Waals surface area contributed by atoms with Crippen LogP contribution in [0, 0.1) is 6.92 Å². The number of rotatable bonds is 3. The van der Waals surface area contributed by atoms with Gasteiger partial charge in [0.1, 0.15) is 5.69 Å². The summed E-state index contributed by atoms with van der Waals surface area (Å²) in [5.74, 6) is 0.680. The fourth-order valence-electron chi connectivity index (χ4n) is 1.70. The second kappa shape index (κ2) is 4.83. The minimum Gasteiger partial charge on any atom is -0.434 e. The van der Waals surface area contributed by atoms with E-state index >= 15 is 0 Å². The molecule has 1 heterocycles. The molecule has 0 amide bonds. The van der Waals surface area contributed by atoms with Gasteiger partial charge in [0.25, 0.3) is 0 Å². The lowest BCUT2D eigenvalue weighted by Gasteiger charge is -2.00. The number of nitrogens with zero attached hydrogens (tertiary/aromatic N) is 1. The van der Waals surface area contributed by atoms with Gasteiger partial charge in [0.15, 0.2) is 10.6 Å². The van der Waals surface area contributed by atoms with Crippen molar-refractivity contribution in [3.05, 3.63) is 40.4 Å². The van der Waals surface area contributed by atoms with Gasteiger partial charge in [-0.1, -0.05) is 37.6 Å². The minimum absolute atomic E-state index is 0.680. The van der Waals surface area contributed by atoms with E-state index in [9.17, 15) is 0 Å². The summed E-state index contributed by atoms with van der Waals surface area (Å²) in [4.78, 5) is 4.34. The summed E-state index contributed by atoms with van der Waals surface area (Å²) in [6.45, 7) is 4.03. The highest BCUT2D eigenvalue weighted by Gasteiger charge is 2.09. The Labute approximate surface area is 104 Å². The van der Waals surface area contributed by atoms with Crippen molar-refractivity contribution in [3.63, 3.8) is 0 Å². The number of aromatic nitrogens is 1. The molecule has 0 spiro atoms. The van der Waals surface area contributed by atoms with Crippen LogP contribution in [0.4, 0.5) is 0 Å². The molecule has 1 aromatic heterocycles. The Morgan fingerprint density at radius 2 is 1.94 bits per heavy atom. The van der Waals surface area contributed by atoms with E-state index in [-0.39, 0.29) is 0 Å². The maximum absolute atomic E-state index is 5.35. The molecule has 84 valence electrons. The highest BCUT2D eigenvalue weighted by atomic mass is 79.9. The normalized spacial score (nSPS) is 10.7. The number of hydrogen-bond acceptors (Lipinski definition) is 2. The van der Waals surface area contributed by atoms with Crippen molar-refractivity contribution < 1.29 is 4.42 Å². The molecule has 0 aliphatic rings. The zero-order valence-corrected chi connectivity index (χ0v) is 11.0. The Morgan fingerprint density at radius 3 is 2.44 bits per heavy atom. The quantitative estimate of drug-likeness (QED) is 0.834. The molecule has 2 aromatic rings. The Hall–Kier alpha value is -1.09. The Bertz CT molecular complexity index is 473. The first kappa shape index (κ1) is 11.4. The van der Waals surface area contributed by atoms with Crippen LogP contribution in [0.3, 0.4) is 0 Å². The average Bonchev–Trinajstić information content (AvgIpc) is 2.59. The van der Waals surface area contributed by atoms with E-state index in [0.29, 0.717) is 10.6 Å². The van der Waals surface area contributed by atoms with Crippen LogP contribution in [0.2, 0.25) is 0 Å². The monoisotopic (exact) mass is 279 g/mol. The number of benzene rings is 1. The van der Waals surface area contributed by atoms with Gasteiger partial charge in [-0.15, -0.1) is 0 Å². The van der Waals surface area contributed by atoms with Gasteiger partial charge in [-0.25, -0.2) is 4.98 Å². The van der Waals surface area contributed by atoms with Crippen molar-refractivity contribution in [2.75, 3.05) is 0 Å². The summed E-state index contributed by atoms with van der Waals surface area (Å²) in [6, 6.07) is 8.48. The van der Waals surface area contributed by atoms with Crippen LogP contribution >= 0.6 is 15.9 Å². The molecule has 1 aromatic carbocycles. The van der Waals surface area contributed by atoms with Crippen molar-refractivity contribution in [2.45, 2.75) is 26.7 Å². The van der Waals surface area contributed by atoms with Gasteiger partial charge in [-0.2, -0.15) is 0 Å². The molecule has 0 aliphatic carbocycles. The number of hydrogen-bond donors (Lipinski definition) is 0. The first-order valence-corrected chi connectivity index (χ1v) is 6.22. The maximum atomic E-state index is 5.35. The third kappa shape index (κ3) is 2.35. The van der Waals surface area contributed by atoms with Crippen LogP contribution in [0.15, 0.2) is 33.4 Å². The van der Waals surface area contributed by atoms with E-state index in [2.05, 4.69) is 52.1 Å². The van der Waals surface area contributed by atoms with Crippen LogP contribution in [0.25, 0.3) is 11.3 Å². The van der Waals surface area contributed by atoms with E-state index in [1.54, 1.807) is 0 Å². The molecule has 3 heteroatoms. The van der Waals surface area contributed by atoms with Gasteiger partial charge < -0.3 is 4.42 Å². The topological polar surface area (TPSA) is 26.0 Å². The van der Waals surface area contributed by atoms with E-state index < -0.39 is 0 Å². The van der Waals surface area contributed by atoms with Crippen LogP contribution < -0.4 is 0 Å². The standard InChI is InChI=1S/C13H14BrNO/c1-3-4-10-5-7-11(8-6-10)12-13(14)16-9(2)15-12/h5-8H,3-4H2,1-2H3. The lowest BCUT2D eigenvalue weighted by Crippen LogP contribution is -1.84. The van der Waals surface area contributed by atoms with Crippen molar-refractivity contribution in [2.24, 2.45) is 0 Å². The molecule has 2 nitrogen and oxygen atoms in total. The SMILES string of the molecule is CCCc1ccc(-c2nc(C)oc2Br)cc1. The number of aryl methyl sites for hydroxylation is 2. The molecule has 2 rings (SSSR count). The molecule has 0 saturated carbocycles. The van der Waals surface area contributed by atoms with Crippen molar-refractivity contribution in [1.82, 2.24) is 4.98 Å². The summed E-state index contributed by atoms with van der Waals surface area (Å²) in [5, 5.41) is 0. The van der Waals surface area contributed by atoms with Gasteiger partial charge in [0, 0.05) is 12.5 Å². The molecule has 0 saturated heterocycles. The van der Waals surface area contributed by atoms with E-state index in [1.165, 1.54) is 12.0 Å². The van der Waals surface area contributed by atoms with Crippen molar-refractivity contribution in [3.8, 4) is 11.3 Å². The van der Waals surface area contributed by atoms with Crippen LogP contribution in [-0.2, 0) is 6.42 Å². The predicted octanol–water partition coefficient (Wildman–Crippen LogP) is 4.37. The molecular weight excluding hydrogens is 266 g/mol. The van der Waals surface area contributed by atoms with Gasteiger partial charge in [-0.3, -0.25) is 0 Å². The summed E-state index contributed by atoms with van der Waals surface area (Å²) in [5.41, 5.74) is 3.33. The van der Waals surface area contributed by atoms with Crippen LogP contribution in [0.5, 0.6) is 0 Å². The van der Waals surface area contributed by atoms with Crippen LogP contribution in [-0.4, -0.2) is 4.98 Å². The lowest BCUT2D eigenvalue weighted by molar-refractivity contribution is 0.500. The number of oxazole rings is 1. The molecule has 0 aliphatic heterocycles. The first-order valence-electron chi connectivity index (χ1n) is 5.43. The highest BCUT2D eigenvalue weighted by Crippen LogP contribution is 2.28. The molecule has 0 unspecified atom stereocenters. The fraction of sp³-hybridized carbons (Fsp3) is 0.308. The Morgan fingerprint density at radius 1 is 1.25 bits per heavy atom. The molecular formula is C13H14BrNO. The predicted molar refractivity (Wildman–Crippen MR) is 68.4 cm³/mol. The third-order valence-corrected chi connectivity index (χ3v) is 3.00. The van der Waals surface area contributed by atoms with E-state index in [4.69, 9.17) is 4.42 Å². The maximum Gasteiger partial charge on any atom is 0.197 e. The molecule has 16 heavy (non-hydrogen) atoms. The summed E-state index contributed by atoms with van der Waals surface area (Å²) in [7, 11) is 0. The Balaban J connectivity index is 2.31. The third-order valence-electron chi connectivity index (χ3n) is 2.46. The van der Waals surface area contributed by atoms with Gasteiger partial charge >= 0.3 is 0 Å². The average molecular weight is 280 g/mol.